The topological polar surface area (TPSA) is 55.8 Å². The van der Waals surface area contributed by atoms with E-state index in [1.165, 1.54) is 6.08 Å². The number of amides is 2. The number of nitrogens with zero attached hydrogens (tertiary/aromatic N) is 1. The second-order valence-electron chi connectivity index (χ2n) is 4.20. The summed E-state index contributed by atoms with van der Waals surface area (Å²) in [5.41, 5.74) is -0.621. The van der Waals surface area contributed by atoms with Crippen LogP contribution in [0.5, 0.6) is 0 Å². The Hall–Kier alpha value is -1.36. The predicted molar refractivity (Wildman–Crippen MR) is 53.0 cm³/mol. The van der Waals surface area contributed by atoms with Gasteiger partial charge in [0.05, 0.1) is 0 Å². The van der Waals surface area contributed by atoms with E-state index >= 15 is 0 Å². The number of ether oxygens (including phenoxy) is 2. The third kappa shape index (κ3) is 2.79. The Balaban J connectivity index is 2.63. The summed E-state index contributed by atoms with van der Waals surface area (Å²) in [5, 5.41) is 0. The van der Waals surface area contributed by atoms with Gasteiger partial charge in [-0.3, -0.25) is 4.79 Å². The van der Waals surface area contributed by atoms with E-state index in [0.717, 1.165) is 4.90 Å². The molecule has 0 N–H and O–H groups in total. The molecule has 0 spiro atoms. The summed E-state index contributed by atoms with van der Waals surface area (Å²) in [6.45, 7) is 8.56. The molecule has 1 heterocycles. The van der Waals surface area contributed by atoms with Gasteiger partial charge < -0.3 is 9.47 Å². The summed E-state index contributed by atoms with van der Waals surface area (Å²) in [6.07, 6.45) is -0.0680. The Morgan fingerprint density at radius 2 is 2.27 bits per heavy atom. The maximum absolute atomic E-state index is 11.5. The normalized spacial score (nSPS) is 21.7. The molecule has 0 aromatic carbocycles. The van der Waals surface area contributed by atoms with Crippen LogP contribution in [0, 0.1) is 0 Å². The fraction of sp³-hybridized carbons (Fsp3) is 0.600. The fourth-order valence-corrected chi connectivity index (χ4v) is 1.07. The van der Waals surface area contributed by atoms with Crippen LogP contribution in [0.4, 0.5) is 4.79 Å². The lowest BCUT2D eigenvalue weighted by atomic mass is 10.2. The standard InChI is InChI=1S/C10H15NO4/c1-5-7-8(12)11(6-14-7)9(13)15-10(2,3)4/h5,7H,1,6H2,2-4H3. The van der Waals surface area contributed by atoms with Crippen molar-refractivity contribution in [1.82, 2.24) is 4.90 Å². The molecule has 1 fully saturated rings. The molecule has 1 aliphatic rings. The van der Waals surface area contributed by atoms with Crippen molar-refractivity contribution in [1.29, 1.82) is 0 Å². The van der Waals surface area contributed by atoms with Gasteiger partial charge >= 0.3 is 6.09 Å². The third-order valence-corrected chi connectivity index (χ3v) is 1.72. The quantitative estimate of drug-likeness (QED) is 0.616. The van der Waals surface area contributed by atoms with Gasteiger partial charge in [0.1, 0.15) is 12.3 Å². The molecule has 0 aromatic heterocycles. The van der Waals surface area contributed by atoms with Crippen molar-refractivity contribution in [3.05, 3.63) is 12.7 Å². The molecule has 0 radical (unpaired) electrons. The highest BCUT2D eigenvalue weighted by Gasteiger charge is 2.37. The molecule has 0 aromatic rings. The second kappa shape index (κ2) is 4.02. The minimum absolute atomic E-state index is 0.0789. The Labute approximate surface area is 88.6 Å². The molecule has 84 valence electrons. The number of hydrogen-bond donors (Lipinski definition) is 0. The van der Waals surface area contributed by atoms with Gasteiger partial charge in [-0.15, -0.1) is 0 Å². The highest BCUT2D eigenvalue weighted by atomic mass is 16.6. The van der Waals surface area contributed by atoms with Gasteiger partial charge in [-0.1, -0.05) is 12.7 Å². The molecule has 15 heavy (non-hydrogen) atoms. The van der Waals surface area contributed by atoms with Crippen LogP contribution in [-0.4, -0.2) is 35.3 Å². The van der Waals surface area contributed by atoms with Crippen molar-refractivity contribution >= 4 is 12.0 Å². The molecule has 1 unspecified atom stereocenters. The molecular weight excluding hydrogens is 198 g/mol. The number of carbonyl (C=O) groups excluding carboxylic acids is 2. The zero-order chi connectivity index (χ0) is 11.6. The summed E-state index contributed by atoms with van der Waals surface area (Å²) in [7, 11) is 0. The van der Waals surface area contributed by atoms with E-state index in [1.54, 1.807) is 20.8 Å². The second-order valence-corrected chi connectivity index (χ2v) is 4.20. The Kier molecular flexibility index (Phi) is 3.14. The SMILES string of the molecule is C=CC1OCN(C(=O)OC(C)(C)C)C1=O. The summed E-state index contributed by atoms with van der Waals surface area (Å²) in [6, 6.07) is 0. The average molecular weight is 213 g/mol. The first-order valence-corrected chi connectivity index (χ1v) is 4.63. The smallest absolute Gasteiger partial charge is 0.419 e. The Morgan fingerprint density at radius 3 is 2.67 bits per heavy atom. The predicted octanol–water partition coefficient (Wildman–Crippen LogP) is 1.29. The molecule has 0 bridgehead atoms. The van der Waals surface area contributed by atoms with E-state index in [2.05, 4.69) is 6.58 Å². The maximum Gasteiger partial charge on any atom is 0.419 e. The highest BCUT2D eigenvalue weighted by Crippen LogP contribution is 2.16. The van der Waals surface area contributed by atoms with Gasteiger partial charge in [-0.25, -0.2) is 9.69 Å². The van der Waals surface area contributed by atoms with Crippen LogP contribution in [-0.2, 0) is 14.3 Å². The molecule has 5 nitrogen and oxygen atoms in total. The van der Waals surface area contributed by atoms with Crippen molar-refractivity contribution in [3.8, 4) is 0 Å². The molecule has 0 aliphatic carbocycles. The van der Waals surface area contributed by atoms with Gasteiger partial charge in [0.25, 0.3) is 5.91 Å². The zero-order valence-electron chi connectivity index (χ0n) is 9.15. The van der Waals surface area contributed by atoms with Crippen molar-refractivity contribution < 1.29 is 19.1 Å². The van der Waals surface area contributed by atoms with Gasteiger partial charge in [0.2, 0.25) is 0 Å². The van der Waals surface area contributed by atoms with Gasteiger partial charge in [0.15, 0.2) is 6.10 Å². The average Bonchev–Trinajstić information content (AvgIpc) is 2.43. The largest absolute Gasteiger partial charge is 0.443 e. The number of rotatable bonds is 1. The molecule has 1 atom stereocenters. The molecule has 2 amide bonds. The minimum Gasteiger partial charge on any atom is -0.443 e. The van der Waals surface area contributed by atoms with Gasteiger partial charge in [-0.2, -0.15) is 0 Å². The van der Waals surface area contributed by atoms with Gasteiger partial charge in [-0.05, 0) is 20.8 Å². The Bertz CT molecular complexity index is 292. The first-order valence-electron chi connectivity index (χ1n) is 4.63. The molecule has 1 saturated heterocycles. The van der Waals surface area contributed by atoms with Crippen LogP contribution in [0.1, 0.15) is 20.8 Å². The van der Waals surface area contributed by atoms with Crippen molar-refractivity contribution in [3.63, 3.8) is 0 Å². The van der Waals surface area contributed by atoms with E-state index in [-0.39, 0.29) is 6.73 Å². The van der Waals surface area contributed by atoms with Crippen molar-refractivity contribution in [2.75, 3.05) is 6.73 Å². The van der Waals surface area contributed by atoms with Crippen LogP contribution in [0.25, 0.3) is 0 Å². The lowest BCUT2D eigenvalue weighted by Crippen LogP contribution is -2.39. The van der Waals surface area contributed by atoms with E-state index in [9.17, 15) is 9.59 Å². The van der Waals surface area contributed by atoms with Crippen molar-refractivity contribution in [2.45, 2.75) is 32.5 Å². The van der Waals surface area contributed by atoms with Crippen LogP contribution in [0.2, 0.25) is 0 Å². The van der Waals surface area contributed by atoms with Crippen LogP contribution >= 0.6 is 0 Å². The van der Waals surface area contributed by atoms with E-state index in [1.807, 2.05) is 0 Å². The van der Waals surface area contributed by atoms with E-state index in [0.29, 0.717) is 0 Å². The van der Waals surface area contributed by atoms with Crippen LogP contribution in [0.3, 0.4) is 0 Å². The summed E-state index contributed by atoms with van der Waals surface area (Å²) in [4.78, 5) is 23.9. The lowest BCUT2D eigenvalue weighted by Gasteiger charge is -2.22. The highest BCUT2D eigenvalue weighted by molar-refractivity contribution is 5.96. The van der Waals surface area contributed by atoms with Crippen LogP contribution in [0.15, 0.2) is 12.7 Å². The van der Waals surface area contributed by atoms with E-state index in [4.69, 9.17) is 9.47 Å². The Morgan fingerprint density at radius 1 is 1.67 bits per heavy atom. The number of imide groups is 1. The molecule has 1 aliphatic heterocycles. The van der Waals surface area contributed by atoms with Crippen LogP contribution < -0.4 is 0 Å². The maximum atomic E-state index is 11.5. The monoisotopic (exact) mass is 213 g/mol. The van der Waals surface area contributed by atoms with E-state index < -0.39 is 23.7 Å². The molecular formula is C10H15NO4. The van der Waals surface area contributed by atoms with Gasteiger partial charge in [0, 0.05) is 0 Å². The molecule has 0 saturated carbocycles. The summed E-state index contributed by atoms with van der Waals surface area (Å²) >= 11 is 0. The fourth-order valence-electron chi connectivity index (χ4n) is 1.07. The summed E-state index contributed by atoms with van der Waals surface area (Å²) < 4.78 is 10.1. The first kappa shape index (κ1) is 11.7. The minimum atomic E-state index is -0.738. The number of hydrogen-bond acceptors (Lipinski definition) is 4. The molecule has 5 heteroatoms. The zero-order valence-corrected chi connectivity index (χ0v) is 9.15. The first-order chi connectivity index (χ1) is 6.85. The third-order valence-electron chi connectivity index (χ3n) is 1.72. The number of carbonyl (C=O) groups is 2. The lowest BCUT2D eigenvalue weighted by molar-refractivity contribution is -0.128. The molecule has 1 rings (SSSR count). The summed E-state index contributed by atoms with van der Waals surface area (Å²) in [5.74, 6) is -0.431. The van der Waals surface area contributed by atoms with Crippen molar-refractivity contribution in [2.24, 2.45) is 0 Å².